The molecular weight excluding hydrogens is 347 g/mol. The van der Waals surface area contributed by atoms with Crippen LogP contribution < -0.4 is 5.32 Å². The van der Waals surface area contributed by atoms with Gasteiger partial charge in [-0.3, -0.25) is 10.1 Å². The van der Waals surface area contributed by atoms with E-state index in [0.717, 1.165) is 17.4 Å². The van der Waals surface area contributed by atoms with Crippen molar-refractivity contribution in [2.24, 2.45) is 0 Å². The molecule has 0 aliphatic heterocycles. The Morgan fingerprint density at radius 2 is 2.10 bits per heavy atom. The normalized spacial score (nSPS) is 10.6. The molecule has 4 nitrogen and oxygen atoms in total. The molecule has 0 amide bonds. The number of nitro benzene ring substituents is 1. The highest BCUT2D eigenvalue weighted by Gasteiger charge is 2.17. The Labute approximate surface area is 127 Å². The molecule has 2 aromatic rings. The molecule has 1 aromatic heterocycles. The quantitative estimate of drug-likeness (QED) is 0.620. The second kappa shape index (κ2) is 6.32. The molecule has 0 saturated heterocycles. The predicted molar refractivity (Wildman–Crippen MR) is 81.8 cm³/mol. The lowest BCUT2D eigenvalue weighted by Crippen LogP contribution is -2.02. The number of nitro groups is 1. The first-order valence-corrected chi connectivity index (χ1v) is 7.57. The molecule has 1 heterocycles. The van der Waals surface area contributed by atoms with Gasteiger partial charge in [-0.15, -0.1) is 11.3 Å². The molecule has 0 atom stereocenters. The van der Waals surface area contributed by atoms with Gasteiger partial charge in [0.05, 0.1) is 15.5 Å². The molecule has 2 rings (SSSR count). The second-order valence-electron chi connectivity index (χ2n) is 4.12. The van der Waals surface area contributed by atoms with Gasteiger partial charge in [-0.25, -0.2) is 4.39 Å². The summed E-state index contributed by atoms with van der Waals surface area (Å²) in [6.07, 6.45) is 0.965. The summed E-state index contributed by atoms with van der Waals surface area (Å²) < 4.78 is 13.6. The Morgan fingerprint density at radius 3 is 2.70 bits per heavy atom. The van der Waals surface area contributed by atoms with Crippen LogP contribution in [-0.4, -0.2) is 4.92 Å². The van der Waals surface area contributed by atoms with Gasteiger partial charge in [-0.2, -0.15) is 0 Å². The number of benzene rings is 1. The van der Waals surface area contributed by atoms with Crippen LogP contribution in [0.15, 0.2) is 28.7 Å². The van der Waals surface area contributed by atoms with Crippen molar-refractivity contribution in [2.75, 3.05) is 5.32 Å². The molecule has 0 saturated carbocycles. The van der Waals surface area contributed by atoms with Crippen molar-refractivity contribution in [1.29, 1.82) is 0 Å². The highest BCUT2D eigenvalue weighted by Crippen LogP contribution is 2.31. The summed E-state index contributed by atoms with van der Waals surface area (Å²) in [5.74, 6) is -0.647. The molecule has 1 aromatic carbocycles. The maximum Gasteiger partial charge on any atom is 0.295 e. The first kappa shape index (κ1) is 14.9. The third-order valence-electron chi connectivity index (χ3n) is 2.75. The smallest absolute Gasteiger partial charge is 0.295 e. The molecule has 20 heavy (non-hydrogen) atoms. The Bertz CT molecular complexity index is 645. The predicted octanol–water partition coefficient (Wildman–Crippen LogP) is 4.73. The maximum absolute atomic E-state index is 13.4. The zero-order valence-corrected chi connectivity index (χ0v) is 13.1. The van der Waals surface area contributed by atoms with Gasteiger partial charge in [0.1, 0.15) is 11.5 Å². The van der Waals surface area contributed by atoms with E-state index in [1.807, 2.05) is 12.1 Å². The van der Waals surface area contributed by atoms with E-state index in [4.69, 9.17) is 0 Å². The number of rotatable bonds is 5. The summed E-state index contributed by atoms with van der Waals surface area (Å²) in [6.45, 7) is 2.55. The first-order valence-electron chi connectivity index (χ1n) is 5.96. The van der Waals surface area contributed by atoms with Gasteiger partial charge in [-0.1, -0.05) is 6.92 Å². The minimum absolute atomic E-state index is 0.200. The van der Waals surface area contributed by atoms with Gasteiger partial charge in [0.2, 0.25) is 0 Å². The van der Waals surface area contributed by atoms with Gasteiger partial charge < -0.3 is 5.32 Å². The van der Waals surface area contributed by atoms with Crippen LogP contribution in [0.2, 0.25) is 0 Å². The van der Waals surface area contributed by atoms with Crippen molar-refractivity contribution in [3.05, 3.63) is 54.4 Å². The number of aryl methyl sites for hydroxylation is 1. The molecule has 0 spiro atoms. The molecule has 106 valence electrons. The molecule has 0 bridgehead atoms. The third-order valence-corrected chi connectivity index (χ3v) is 4.59. The van der Waals surface area contributed by atoms with Gasteiger partial charge in [0.25, 0.3) is 5.69 Å². The minimum Gasteiger partial charge on any atom is -0.375 e. The first-order chi connectivity index (χ1) is 9.51. The summed E-state index contributed by atoms with van der Waals surface area (Å²) in [6, 6.07) is 6.33. The molecule has 0 radical (unpaired) electrons. The van der Waals surface area contributed by atoms with Crippen molar-refractivity contribution in [1.82, 2.24) is 0 Å². The maximum atomic E-state index is 13.4. The Balaban J connectivity index is 2.20. The van der Waals surface area contributed by atoms with Crippen LogP contribution in [0.4, 0.5) is 15.8 Å². The van der Waals surface area contributed by atoms with Crippen LogP contribution in [0.1, 0.15) is 16.7 Å². The number of nitrogens with zero attached hydrogens (tertiary/aromatic N) is 1. The lowest BCUT2D eigenvalue weighted by atomic mass is 10.2. The van der Waals surface area contributed by atoms with E-state index in [-0.39, 0.29) is 10.2 Å². The molecule has 1 N–H and O–H groups in total. The van der Waals surface area contributed by atoms with Gasteiger partial charge in [0, 0.05) is 16.3 Å². The molecule has 7 heteroatoms. The van der Waals surface area contributed by atoms with E-state index < -0.39 is 10.7 Å². The Kier molecular flexibility index (Phi) is 4.72. The van der Waals surface area contributed by atoms with Gasteiger partial charge >= 0.3 is 0 Å². The summed E-state index contributed by atoms with van der Waals surface area (Å²) >= 11 is 4.69. The Morgan fingerprint density at radius 1 is 1.40 bits per heavy atom. The Hall–Kier alpha value is -1.47. The minimum atomic E-state index is -0.647. The van der Waals surface area contributed by atoms with E-state index in [2.05, 4.69) is 28.2 Å². The summed E-state index contributed by atoms with van der Waals surface area (Å²) in [4.78, 5) is 12.7. The van der Waals surface area contributed by atoms with Gasteiger partial charge in [0.15, 0.2) is 0 Å². The van der Waals surface area contributed by atoms with E-state index in [0.29, 0.717) is 12.2 Å². The highest BCUT2D eigenvalue weighted by atomic mass is 79.9. The topological polar surface area (TPSA) is 55.2 Å². The van der Waals surface area contributed by atoms with Crippen molar-refractivity contribution < 1.29 is 9.31 Å². The van der Waals surface area contributed by atoms with Crippen molar-refractivity contribution in [2.45, 2.75) is 19.9 Å². The molecule has 0 aliphatic rings. The summed E-state index contributed by atoms with van der Waals surface area (Å²) in [5, 5.41) is 13.9. The number of hydrogen-bond donors (Lipinski definition) is 1. The molecule has 0 unspecified atom stereocenters. The lowest BCUT2D eigenvalue weighted by molar-refractivity contribution is -0.384. The fraction of sp³-hybridized carbons (Fsp3) is 0.231. The summed E-state index contributed by atoms with van der Waals surface area (Å²) in [7, 11) is 0. The zero-order valence-electron chi connectivity index (χ0n) is 10.7. The van der Waals surface area contributed by atoms with Gasteiger partial charge in [-0.05, 0) is 40.5 Å². The van der Waals surface area contributed by atoms with Crippen molar-refractivity contribution in [3.8, 4) is 0 Å². The van der Waals surface area contributed by atoms with E-state index in [1.54, 1.807) is 11.3 Å². The standard InChI is InChI=1S/C13H12BrFN2O2S/c1-2-8-3-4-9(20-8)7-16-12-5-10(14)11(15)6-13(12)17(18)19/h3-6,16H,2,7H2,1H3. The van der Waals surface area contributed by atoms with Crippen LogP contribution in [0.5, 0.6) is 0 Å². The molecule has 0 fully saturated rings. The van der Waals surface area contributed by atoms with Crippen LogP contribution in [0, 0.1) is 15.9 Å². The van der Waals surface area contributed by atoms with Crippen molar-refractivity contribution in [3.63, 3.8) is 0 Å². The highest BCUT2D eigenvalue weighted by molar-refractivity contribution is 9.10. The fourth-order valence-electron chi connectivity index (χ4n) is 1.72. The largest absolute Gasteiger partial charge is 0.375 e. The average molecular weight is 359 g/mol. The SMILES string of the molecule is CCc1ccc(CNc2cc(Br)c(F)cc2[N+](=O)[O-])s1. The van der Waals surface area contributed by atoms with E-state index in [1.165, 1.54) is 10.9 Å². The zero-order chi connectivity index (χ0) is 14.7. The summed E-state index contributed by atoms with van der Waals surface area (Å²) in [5.41, 5.74) is 0.0349. The van der Waals surface area contributed by atoms with Crippen LogP contribution in [0.25, 0.3) is 0 Å². The average Bonchev–Trinajstić information content (AvgIpc) is 2.87. The number of anilines is 1. The van der Waals surface area contributed by atoms with E-state index >= 15 is 0 Å². The number of thiophene rings is 1. The van der Waals surface area contributed by atoms with Crippen LogP contribution in [-0.2, 0) is 13.0 Å². The number of nitrogens with one attached hydrogen (secondary N) is 1. The number of hydrogen-bond acceptors (Lipinski definition) is 4. The molecule has 0 aliphatic carbocycles. The van der Waals surface area contributed by atoms with Crippen LogP contribution >= 0.6 is 27.3 Å². The second-order valence-corrected chi connectivity index (χ2v) is 6.22. The molecular formula is C13H12BrFN2O2S. The monoisotopic (exact) mass is 358 g/mol. The fourth-order valence-corrected chi connectivity index (χ4v) is 2.96. The van der Waals surface area contributed by atoms with Crippen molar-refractivity contribution >= 4 is 38.6 Å². The lowest BCUT2D eigenvalue weighted by Gasteiger charge is -2.07. The van der Waals surface area contributed by atoms with E-state index in [9.17, 15) is 14.5 Å². The number of halogens is 2. The van der Waals surface area contributed by atoms with Crippen LogP contribution in [0.3, 0.4) is 0 Å². The third kappa shape index (κ3) is 3.34.